The first-order valence-corrected chi connectivity index (χ1v) is 7.15. The summed E-state index contributed by atoms with van der Waals surface area (Å²) in [5.41, 5.74) is 0.891. The molecule has 0 fully saturated rings. The second-order valence-electron chi connectivity index (χ2n) is 3.02. The van der Waals surface area contributed by atoms with Gasteiger partial charge in [-0.2, -0.15) is 11.8 Å². The average Bonchev–Trinajstić information content (AvgIpc) is 2.29. The molecule has 1 rings (SSSR count). The number of benzene rings is 1. The van der Waals surface area contributed by atoms with Crippen LogP contribution < -0.4 is 4.74 Å². The van der Waals surface area contributed by atoms with Crippen molar-refractivity contribution in [3.05, 3.63) is 33.9 Å². The van der Waals surface area contributed by atoms with Crippen molar-refractivity contribution < 1.29 is 9.66 Å². The van der Waals surface area contributed by atoms with Crippen LogP contribution in [0.3, 0.4) is 0 Å². The zero-order chi connectivity index (χ0) is 12.0. The Morgan fingerprint density at radius 3 is 2.88 bits per heavy atom. The number of nitro groups is 1. The Morgan fingerprint density at radius 1 is 1.56 bits per heavy atom. The molecule has 16 heavy (non-hydrogen) atoms. The molecular weight excluding hydrogens is 294 g/mol. The summed E-state index contributed by atoms with van der Waals surface area (Å²) in [5, 5.41) is 11.1. The first kappa shape index (κ1) is 13.3. The molecule has 0 aliphatic rings. The minimum absolute atomic E-state index is 0.0895. The van der Waals surface area contributed by atoms with E-state index in [9.17, 15) is 10.1 Å². The number of halogens is 1. The van der Waals surface area contributed by atoms with Crippen molar-refractivity contribution in [2.24, 2.45) is 0 Å². The standard InChI is InChI=1S/C10H12BrNO3S/c1-16-5-4-15-10-3-2-9(12(13)14)6-8(10)7-11/h2-3,6H,4-5,7H2,1H3. The molecule has 1 aromatic rings. The van der Waals surface area contributed by atoms with Gasteiger partial charge in [0.05, 0.1) is 11.5 Å². The van der Waals surface area contributed by atoms with Crippen molar-refractivity contribution in [3.8, 4) is 5.75 Å². The highest BCUT2D eigenvalue weighted by Gasteiger charge is 2.10. The van der Waals surface area contributed by atoms with E-state index in [1.54, 1.807) is 17.8 Å². The number of nitro benzene ring substituents is 1. The minimum atomic E-state index is -0.405. The predicted octanol–water partition coefficient (Wildman–Crippen LogP) is 3.23. The fourth-order valence-electron chi connectivity index (χ4n) is 1.16. The van der Waals surface area contributed by atoms with Gasteiger partial charge in [-0.05, 0) is 12.3 Å². The number of hydrogen-bond acceptors (Lipinski definition) is 4. The van der Waals surface area contributed by atoms with Crippen molar-refractivity contribution in [3.63, 3.8) is 0 Å². The number of hydrogen-bond donors (Lipinski definition) is 0. The minimum Gasteiger partial charge on any atom is -0.492 e. The van der Waals surface area contributed by atoms with Crippen LogP contribution in [0.5, 0.6) is 5.75 Å². The molecule has 0 amide bonds. The maximum Gasteiger partial charge on any atom is 0.270 e. The van der Waals surface area contributed by atoms with E-state index in [0.717, 1.165) is 11.3 Å². The van der Waals surface area contributed by atoms with Crippen LogP contribution in [0, 0.1) is 10.1 Å². The van der Waals surface area contributed by atoms with E-state index >= 15 is 0 Å². The molecule has 1 aromatic carbocycles. The molecule has 0 radical (unpaired) electrons. The zero-order valence-corrected chi connectivity index (χ0v) is 11.2. The summed E-state index contributed by atoms with van der Waals surface area (Å²) in [5.74, 6) is 1.61. The van der Waals surface area contributed by atoms with Gasteiger partial charge < -0.3 is 4.74 Å². The van der Waals surface area contributed by atoms with E-state index in [0.29, 0.717) is 17.7 Å². The van der Waals surface area contributed by atoms with Crippen LogP contribution in [0.4, 0.5) is 5.69 Å². The summed E-state index contributed by atoms with van der Waals surface area (Å²) in [6, 6.07) is 4.64. The van der Waals surface area contributed by atoms with Gasteiger partial charge >= 0.3 is 0 Å². The van der Waals surface area contributed by atoms with E-state index in [4.69, 9.17) is 4.74 Å². The van der Waals surface area contributed by atoms with Gasteiger partial charge in [-0.15, -0.1) is 0 Å². The van der Waals surface area contributed by atoms with Gasteiger partial charge in [-0.1, -0.05) is 15.9 Å². The number of ether oxygens (including phenoxy) is 1. The van der Waals surface area contributed by atoms with Gasteiger partial charge in [0.25, 0.3) is 5.69 Å². The summed E-state index contributed by atoms with van der Waals surface area (Å²) in [6.07, 6.45) is 2.00. The van der Waals surface area contributed by atoms with Crippen LogP contribution in [-0.2, 0) is 5.33 Å². The number of nitrogens with zero attached hydrogens (tertiary/aromatic N) is 1. The molecule has 0 N–H and O–H groups in total. The normalized spacial score (nSPS) is 10.1. The summed E-state index contributed by atoms with van der Waals surface area (Å²) in [6.45, 7) is 0.610. The summed E-state index contributed by atoms with van der Waals surface area (Å²) in [4.78, 5) is 10.2. The van der Waals surface area contributed by atoms with Crippen LogP contribution in [0.25, 0.3) is 0 Å². The molecule has 4 nitrogen and oxygen atoms in total. The van der Waals surface area contributed by atoms with Gasteiger partial charge in [0.1, 0.15) is 5.75 Å². The lowest BCUT2D eigenvalue weighted by Crippen LogP contribution is -2.02. The third-order valence-corrected chi connectivity index (χ3v) is 3.12. The van der Waals surface area contributed by atoms with E-state index in [1.807, 2.05) is 6.26 Å². The molecule has 6 heteroatoms. The first-order chi connectivity index (χ1) is 7.69. The van der Waals surface area contributed by atoms with Crippen LogP contribution in [-0.4, -0.2) is 23.5 Å². The van der Waals surface area contributed by atoms with Gasteiger partial charge in [0.15, 0.2) is 0 Å². The van der Waals surface area contributed by atoms with Crippen LogP contribution in [0.2, 0.25) is 0 Å². The maximum atomic E-state index is 10.6. The van der Waals surface area contributed by atoms with Crippen LogP contribution >= 0.6 is 27.7 Å². The number of thioether (sulfide) groups is 1. The predicted molar refractivity (Wildman–Crippen MR) is 69.6 cm³/mol. The van der Waals surface area contributed by atoms with Crippen LogP contribution in [0.1, 0.15) is 5.56 Å². The SMILES string of the molecule is CSCCOc1ccc([N+](=O)[O-])cc1CBr. The third-order valence-electron chi connectivity index (χ3n) is 1.94. The molecule has 0 saturated heterocycles. The third kappa shape index (κ3) is 3.68. The smallest absolute Gasteiger partial charge is 0.270 e. The summed E-state index contributed by atoms with van der Waals surface area (Å²) >= 11 is 4.99. The summed E-state index contributed by atoms with van der Waals surface area (Å²) in [7, 11) is 0. The quantitative estimate of drug-likeness (QED) is 0.350. The van der Waals surface area contributed by atoms with Gasteiger partial charge in [0.2, 0.25) is 0 Å². The van der Waals surface area contributed by atoms with Crippen molar-refractivity contribution in [1.29, 1.82) is 0 Å². The van der Waals surface area contributed by atoms with Gasteiger partial charge in [-0.25, -0.2) is 0 Å². The maximum absolute atomic E-state index is 10.6. The Labute approximate surface area is 107 Å². The van der Waals surface area contributed by atoms with Gasteiger partial charge in [0, 0.05) is 28.8 Å². The fourth-order valence-corrected chi connectivity index (χ4v) is 1.85. The van der Waals surface area contributed by atoms with E-state index in [-0.39, 0.29) is 5.69 Å². The molecule has 0 aromatic heterocycles. The Balaban J connectivity index is 2.80. The molecule has 0 bridgehead atoms. The Hall–Kier alpha value is -0.750. The first-order valence-electron chi connectivity index (χ1n) is 4.64. The molecular formula is C10H12BrNO3S. The Bertz CT molecular complexity index is 373. The number of rotatable bonds is 6. The Morgan fingerprint density at radius 2 is 2.31 bits per heavy atom. The van der Waals surface area contributed by atoms with Crippen molar-refractivity contribution in [2.75, 3.05) is 18.6 Å². The molecule has 0 aliphatic heterocycles. The second-order valence-corrected chi connectivity index (χ2v) is 4.57. The highest BCUT2D eigenvalue weighted by molar-refractivity contribution is 9.08. The lowest BCUT2D eigenvalue weighted by atomic mass is 10.2. The number of non-ortho nitro benzene ring substituents is 1. The van der Waals surface area contributed by atoms with Gasteiger partial charge in [-0.3, -0.25) is 10.1 Å². The molecule has 0 unspecified atom stereocenters. The number of alkyl halides is 1. The highest BCUT2D eigenvalue weighted by atomic mass is 79.9. The van der Waals surface area contributed by atoms with Crippen LogP contribution in [0.15, 0.2) is 18.2 Å². The molecule has 0 saturated carbocycles. The van der Waals surface area contributed by atoms with Crippen molar-refractivity contribution in [1.82, 2.24) is 0 Å². The fraction of sp³-hybridized carbons (Fsp3) is 0.400. The highest BCUT2D eigenvalue weighted by Crippen LogP contribution is 2.26. The monoisotopic (exact) mass is 305 g/mol. The second kappa shape index (κ2) is 6.75. The molecule has 0 atom stereocenters. The molecule has 88 valence electrons. The van der Waals surface area contributed by atoms with Crippen molar-refractivity contribution in [2.45, 2.75) is 5.33 Å². The lowest BCUT2D eigenvalue weighted by Gasteiger charge is -2.08. The zero-order valence-electron chi connectivity index (χ0n) is 8.81. The molecule has 0 aliphatic carbocycles. The van der Waals surface area contributed by atoms with E-state index in [1.165, 1.54) is 12.1 Å². The lowest BCUT2D eigenvalue weighted by molar-refractivity contribution is -0.384. The topological polar surface area (TPSA) is 52.4 Å². The molecule has 0 heterocycles. The van der Waals surface area contributed by atoms with Crippen molar-refractivity contribution >= 4 is 33.4 Å². The van der Waals surface area contributed by atoms with E-state index in [2.05, 4.69) is 15.9 Å². The van der Waals surface area contributed by atoms with E-state index < -0.39 is 4.92 Å². The largest absolute Gasteiger partial charge is 0.492 e. The average molecular weight is 306 g/mol. The Kier molecular flexibility index (Phi) is 5.62. The summed E-state index contributed by atoms with van der Waals surface area (Å²) < 4.78 is 5.53. The molecule has 0 spiro atoms.